The van der Waals surface area contributed by atoms with Gasteiger partial charge >= 0.3 is 18.1 Å². The van der Waals surface area contributed by atoms with Crippen LogP contribution in [0.25, 0.3) is 0 Å². The number of hydrogen-bond donors (Lipinski definition) is 3. The minimum Gasteiger partial charge on any atom is -0.478 e. The van der Waals surface area contributed by atoms with Crippen molar-refractivity contribution in [3.8, 4) is 0 Å². The second kappa shape index (κ2) is 9.77. The number of anilines is 1. The number of H-pyrrole nitrogens is 1. The number of carbonyl (C=O) groups excluding carboxylic acids is 1. The number of hydrogen-bond acceptors (Lipinski definition) is 4. The maximum Gasteiger partial charge on any atom is 0.490 e. The molecule has 0 saturated heterocycles. The Kier molecular flexibility index (Phi) is 7.04. The van der Waals surface area contributed by atoms with Crippen molar-refractivity contribution >= 4 is 23.5 Å². The van der Waals surface area contributed by atoms with Gasteiger partial charge in [-0.15, -0.1) is 0 Å². The number of aromatic nitrogens is 2. The zero-order valence-corrected chi connectivity index (χ0v) is 17.8. The van der Waals surface area contributed by atoms with Crippen LogP contribution in [0.15, 0.2) is 54.7 Å². The molecule has 11 heteroatoms. The van der Waals surface area contributed by atoms with Gasteiger partial charge in [-0.2, -0.15) is 13.2 Å². The topological polar surface area (TPSA) is 124 Å². The number of aryl methyl sites for hydroxylation is 1. The Labute approximate surface area is 191 Å². The summed E-state index contributed by atoms with van der Waals surface area (Å²) in [6.07, 6.45) is -1.80. The molecule has 34 heavy (non-hydrogen) atoms. The molecule has 1 amide bonds. The third-order valence-electron chi connectivity index (χ3n) is 5.15. The summed E-state index contributed by atoms with van der Waals surface area (Å²) in [6.45, 7) is 2.02. The Morgan fingerprint density at radius 3 is 2.21 bits per heavy atom. The predicted octanol–water partition coefficient (Wildman–Crippen LogP) is 4.25. The number of carboxylic acid groups (broad SMARTS) is 2. The molecule has 1 aliphatic heterocycles. The fraction of sp³-hybridized carbons (Fsp3) is 0.217. The second-order valence-corrected chi connectivity index (χ2v) is 7.31. The van der Waals surface area contributed by atoms with Gasteiger partial charge in [-0.3, -0.25) is 9.69 Å². The second-order valence-electron chi connectivity index (χ2n) is 7.31. The van der Waals surface area contributed by atoms with Crippen molar-refractivity contribution in [1.29, 1.82) is 0 Å². The zero-order chi connectivity index (χ0) is 25.0. The van der Waals surface area contributed by atoms with Crippen LogP contribution in [0.2, 0.25) is 0 Å². The molecular weight excluding hydrogens is 455 g/mol. The number of amides is 1. The van der Waals surface area contributed by atoms with Gasteiger partial charge in [0.1, 0.15) is 5.82 Å². The number of imidazole rings is 1. The zero-order valence-electron chi connectivity index (χ0n) is 17.8. The maximum atomic E-state index is 13.4. The normalized spacial score (nSPS) is 14.7. The van der Waals surface area contributed by atoms with Crippen LogP contribution in [-0.2, 0) is 17.6 Å². The lowest BCUT2D eigenvalue weighted by Gasteiger charge is -2.25. The fourth-order valence-corrected chi connectivity index (χ4v) is 3.57. The third-order valence-corrected chi connectivity index (χ3v) is 5.15. The van der Waals surface area contributed by atoms with Crippen LogP contribution >= 0.6 is 0 Å². The summed E-state index contributed by atoms with van der Waals surface area (Å²) >= 11 is 0. The van der Waals surface area contributed by atoms with E-state index >= 15 is 0 Å². The van der Waals surface area contributed by atoms with Gasteiger partial charge in [0.2, 0.25) is 0 Å². The molecule has 0 bridgehead atoms. The number of aromatic carboxylic acids is 1. The smallest absolute Gasteiger partial charge is 0.478 e. The molecule has 0 aliphatic carbocycles. The van der Waals surface area contributed by atoms with E-state index in [0.717, 1.165) is 23.4 Å². The molecule has 1 aromatic heterocycles. The largest absolute Gasteiger partial charge is 0.490 e. The summed E-state index contributed by atoms with van der Waals surface area (Å²) < 4.78 is 31.7. The highest BCUT2D eigenvalue weighted by molar-refractivity contribution is 6.13. The lowest BCUT2D eigenvalue weighted by Crippen LogP contribution is -2.33. The van der Waals surface area contributed by atoms with E-state index in [2.05, 4.69) is 9.97 Å². The Balaban J connectivity index is 0.000000406. The Hall–Kier alpha value is -4.15. The molecule has 0 fully saturated rings. The number of aliphatic carboxylic acids is 1. The van der Waals surface area contributed by atoms with Crippen LogP contribution in [0.5, 0.6) is 0 Å². The van der Waals surface area contributed by atoms with E-state index in [1.807, 2.05) is 37.4 Å². The summed E-state index contributed by atoms with van der Waals surface area (Å²) in [7, 11) is 0. The first-order chi connectivity index (χ1) is 16.0. The molecular formula is C23H20F3N3O5. The Morgan fingerprint density at radius 1 is 1.06 bits per heavy atom. The van der Waals surface area contributed by atoms with E-state index < -0.39 is 18.1 Å². The molecule has 0 saturated carbocycles. The van der Waals surface area contributed by atoms with Crippen LogP contribution in [0.4, 0.5) is 18.9 Å². The van der Waals surface area contributed by atoms with Crippen LogP contribution in [0.3, 0.4) is 0 Å². The van der Waals surface area contributed by atoms with Gasteiger partial charge in [-0.05, 0) is 30.2 Å². The summed E-state index contributed by atoms with van der Waals surface area (Å²) in [6, 6.07) is 13.7. The number of carbonyl (C=O) groups is 3. The van der Waals surface area contributed by atoms with Gasteiger partial charge in [0.15, 0.2) is 0 Å². The number of nitrogens with zero attached hydrogens (tertiary/aromatic N) is 2. The molecule has 3 N–H and O–H groups in total. The van der Waals surface area contributed by atoms with Crippen LogP contribution < -0.4 is 4.90 Å². The van der Waals surface area contributed by atoms with Crippen molar-refractivity contribution in [2.75, 3.05) is 4.90 Å². The van der Waals surface area contributed by atoms with Crippen molar-refractivity contribution in [1.82, 2.24) is 9.97 Å². The van der Waals surface area contributed by atoms with Crippen LogP contribution in [0.1, 0.15) is 50.8 Å². The first-order valence-corrected chi connectivity index (χ1v) is 10.1. The summed E-state index contributed by atoms with van der Waals surface area (Å²) in [5.41, 5.74) is 2.94. The van der Waals surface area contributed by atoms with E-state index in [0.29, 0.717) is 12.2 Å². The van der Waals surface area contributed by atoms with Gasteiger partial charge in [-0.25, -0.2) is 14.6 Å². The molecule has 2 aromatic carbocycles. The number of rotatable bonds is 4. The summed E-state index contributed by atoms with van der Waals surface area (Å²) in [5.74, 6) is -3.50. The molecule has 2 heterocycles. The number of benzene rings is 2. The van der Waals surface area contributed by atoms with Gasteiger partial charge in [0, 0.05) is 18.3 Å². The first kappa shape index (κ1) is 24.5. The van der Waals surface area contributed by atoms with E-state index in [1.165, 1.54) is 6.07 Å². The number of alkyl halides is 3. The molecule has 1 unspecified atom stereocenters. The average molecular weight is 475 g/mol. The van der Waals surface area contributed by atoms with Gasteiger partial charge in [0.05, 0.1) is 22.9 Å². The predicted molar refractivity (Wildman–Crippen MR) is 115 cm³/mol. The van der Waals surface area contributed by atoms with E-state index in [9.17, 15) is 27.9 Å². The van der Waals surface area contributed by atoms with Crippen molar-refractivity contribution in [2.24, 2.45) is 0 Å². The summed E-state index contributed by atoms with van der Waals surface area (Å²) in [5, 5.41) is 16.6. The molecule has 3 aromatic rings. The number of para-hydroxylation sites is 1. The number of carboxylic acids is 2. The average Bonchev–Trinajstić information content (AvgIpc) is 3.43. The van der Waals surface area contributed by atoms with Gasteiger partial charge in [0.25, 0.3) is 5.91 Å². The van der Waals surface area contributed by atoms with E-state index in [-0.39, 0.29) is 23.1 Å². The highest BCUT2D eigenvalue weighted by atomic mass is 19.4. The fourth-order valence-electron chi connectivity index (χ4n) is 3.57. The lowest BCUT2D eigenvalue weighted by atomic mass is 10.1. The van der Waals surface area contributed by atoms with Crippen LogP contribution in [-0.4, -0.2) is 44.2 Å². The number of halogens is 3. The maximum absolute atomic E-state index is 13.4. The Morgan fingerprint density at radius 2 is 1.65 bits per heavy atom. The van der Waals surface area contributed by atoms with E-state index in [1.54, 1.807) is 23.1 Å². The molecule has 178 valence electrons. The molecule has 0 spiro atoms. The monoisotopic (exact) mass is 475 g/mol. The van der Waals surface area contributed by atoms with Crippen LogP contribution in [0, 0.1) is 0 Å². The quantitative estimate of drug-likeness (QED) is 0.518. The van der Waals surface area contributed by atoms with Gasteiger partial charge < -0.3 is 15.2 Å². The van der Waals surface area contributed by atoms with Gasteiger partial charge in [-0.1, -0.05) is 37.3 Å². The number of nitrogens with one attached hydrogen (secondary N) is 1. The lowest BCUT2D eigenvalue weighted by molar-refractivity contribution is -0.192. The number of fused-ring (bicyclic) bond motifs is 1. The van der Waals surface area contributed by atoms with Crippen molar-refractivity contribution in [3.63, 3.8) is 0 Å². The Bertz CT molecular complexity index is 1220. The first-order valence-electron chi connectivity index (χ1n) is 10.1. The molecule has 0 radical (unpaired) electrons. The number of aromatic amines is 1. The molecule has 1 aliphatic rings. The van der Waals surface area contributed by atoms with Crippen molar-refractivity contribution < 1.29 is 37.8 Å². The highest BCUT2D eigenvalue weighted by Gasteiger charge is 2.39. The minimum atomic E-state index is -5.08. The minimum absolute atomic E-state index is 0.000627. The summed E-state index contributed by atoms with van der Waals surface area (Å²) in [4.78, 5) is 43.4. The van der Waals surface area contributed by atoms with Crippen molar-refractivity contribution in [3.05, 3.63) is 82.9 Å². The standard InChI is InChI=1S/C21H19N3O3.C2HF3O2/c1-2-14-12-22-19(23-14)18-11-13-7-3-6-10-17(13)24(18)20(25)15-8-4-5-9-16(15)21(26)27;3-2(4,5)1(6)7/h3-10,12,18H,2,11H2,1H3,(H,22,23)(H,26,27);(H,6,7). The molecule has 4 rings (SSSR count). The molecule has 8 nitrogen and oxygen atoms in total. The molecule has 1 atom stereocenters. The van der Waals surface area contributed by atoms with E-state index in [4.69, 9.17) is 9.90 Å². The third kappa shape index (κ3) is 5.08. The SMILES string of the molecule is CCc1c[nH]c(C2Cc3ccccc3N2C(=O)c2ccccc2C(=O)O)n1.O=C(O)C(F)(F)F. The van der Waals surface area contributed by atoms with Crippen molar-refractivity contribution in [2.45, 2.75) is 32.0 Å². The highest BCUT2D eigenvalue weighted by Crippen LogP contribution is 2.40.